The molecule has 0 atom stereocenters. The highest BCUT2D eigenvalue weighted by Gasteiger charge is 2.20. The summed E-state index contributed by atoms with van der Waals surface area (Å²) in [7, 11) is 0. The number of hydrogen-bond donors (Lipinski definition) is 1. The molecule has 2 aliphatic heterocycles. The number of likely N-dealkylation sites (tertiary alicyclic amines) is 1. The zero-order valence-corrected chi connectivity index (χ0v) is 12.7. The first-order chi connectivity index (χ1) is 9.24. The molecule has 0 aliphatic carbocycles. The second-order valence-electron chi connectivity index (χ2n) is 6.32. The van der Waals surface area contributed by atoms with Crippen molar-refractivity contribution >= 4 is 0 Å². The first-order valence-electron chi connectivity index (χ1n) is 7.91. The van der Waals surface area contributed by atoms with E-state index in [1.807, 2.05) is 0 Å². The monoisotopic (exact) mass is 266 g/mol. The van der Waals surface area contributed by atoms with Crippen LogP contribution in [-0.4, -0.2) is 50.3 Å². The fourth-order valence-corrected chi connectivity index (χ4v) is 2.92. The maximum atomic E-state index is 5.41. The Labute approximate surface area is 118 Å². The van der Waals surface area contributed by atoms with Gasteiger partial charge in [-0.15, -0.1) is 0 Å². The smallest absolute Gasteiger partial charge is 0.0469 e. The van der Waals surface area contributed by atoms with Gasteiger partial charge in [0.15, 0.2) is 0 Å². The van der Waals surface area contributed by atoms with Gasteiger partial charge in [0.1, 0.15) is 0 Å². The standard InChI is InChI=1S/C16H30N2O/c1-14(2)3-8-18-9-4-16(5-10-18)17-13-15-6-11-19-12-7-15/h3,15-17H,4-13H2,1-2H3. The lowest BCUT2D eigenvalue weighted by atomic mass is 9.98. The summed E-state index contributed by atoms with van der Waals surface area (Å²) in [4.78, 5) is 2.57. The van der Waals surface area contributed by atoms with Crippen LogP contribution >= 0.6 is 0 Å². The van der Waals surface area contributed by atoms with Crippen LogP contribution in [0.4, 0.5) is 0 Å². The molecule has 2 saturated heterocycles. The molecule has 0 aromatic carbocycles. The number of ether oxygens (including phenoxy) is 1. The molecule has 3 heteroatoms. The molecule has 2 rings (SSSR count). The molecule has 2 heterocycles. The van der Waals surface area contributed by atoms with Crippen molar-refractivity contribution in [2.75, 3.05) is 39.4 Å². The summed E-state index contributed by atoms with van der Waals surface area (Å²) in [5.74, 6) is 0.845. The summed E-state index contributed by atoms with van der Waals surface area (Å²) in [6.07, 6.45) is 7.44. The highest BCUT2D eigenvalue weighted by Crippen LogP contribution is 2.15. The quantitative estimate of drug-likeness (QED) is 0.774. The molecule has 0 bridgehead atoms. The first kappa shape index (κ1) is 15.0. The fraction of sp³-hybridized carbons (Fsp3) is 0.875. The second kappa shape index (κ2) is 8.03. The highest BCUT2D eigenvalue weighted by atomic mass is 16.5. The van der Waals surface area contributed by atoms with E-state index in [1.165, 1.54) is 50.9 Å². The Balaban J connectivity index is 1.59. The van der Waals surface area contributed by atoms with E-state index in [0.717, 1.165) is 31.7 Å². The van der Waals surface area contributed by atoms with E-state index in [-0.39, 0.29) is 0 Å². The summed E-state index contributed by atoms with van der Waals surface area (Å²) >= 11 is 0. The van der Waals surface area contributed by atoms with Gasteiger partial charge >= 0.3 is 0 Å². The van der Waals surface area contributed by atoms with E-state index in [4.69, 9.17) is 4.74 Å². The predicted octanol–water partition coefficient (Wildman–Crippen LogP) is 2.43. The van der Waals surface area contributed by atoms with Crippen LogP contribution in [0.25, 0.3) is 0 Å². The molecule has 0 aromatic heterocycles. The van der Waals surface area contributed by atoms with Gasteiger partial charge in [0.2, 0.25) is 0 Å². The van der Waals surface area contributed by atoms with Crippen LogP contribution in [0.15, 0.2) is 11.6 Å². The van der Waals surface area contributed by atoms with Crippen molar-refractivity contribution in [2.24, 2.45) is 5.92 Å². The van der Waals surface area contributed by atoms with Gasteiger partial charge in [0, 0.05) is 25.8 Å². The molecule has 3 nitrogen and oxygen atoms in total. The minimum Gasteiger partial charge on any atom is -0.381 e. The molecule has 2 aliphatic rings. The van der Waals surface area contributed by atoms with Gasteiger partial charge in [-0.25, -0.2) is 0 Å². The summed E-state index contributed by atoms with van der Waals surface area (Å²) < 4.78 is 5.41. The van der Waals surface area contributed by atoms with Crippen LogP contribution in [0.1, 0.15) is 39.5 Å². The number of hydrogen-bond acceptors (Lipinski definition) is 3. The van der Waals surface area contributed by atoms with Crippen LogP contribution in [0.3, 0.4) is 0 Å². The second-order valence-corrected chi connectivity index (χ2v) is 6.32. The minimum absolute atomic E-state index is 0.741. The molecule has 0 unspecified atom stereocenters. The molecule has 2 fully saturated rings. The minimum atomic E-state index is 0.741. The summed E-state index contributed by atoms with van der Waals surface area (Å²) in [6, 6.07) is 0.741. The Kier molecular flexibility index (Phi) is 6.35. The molecule has 0 radical (unpaired) electrons. The van der Waals surface area contributed by atoms with E-state index < -0.39 is 0 Å². The van der Waals surface area contributed by atoms with Gasteiger partial charge in [-0.2, -0.15) is 0 Å². The molecule has 0 spiro atoms. The van der Waals surface area contributed by atoms with Crippen LogP contribution in [0, 0.1) is 5.92 Å². The molecule has 0 amide bonds. The van der Waals surface area contributed by atoms with Gasteiger partial charge < -0.3 is 10.1 Å². The van der Waals surface area contributed by atoms with Gasteiger partial charge in [-0.05, 0) is 65.1 Å². The molecular formula is C16H30N2O. The van der Waals surface area contributed by atoms with Crippen LogP contribution in [-0.2, 0) is 4.74 Å². The third-order valence-corrected chi connectivity index (χ3v) is 4.38. The Morgan fingerprint density at radius 1 is 1.16 bits per heavy atom. The lowest BCUT2D eigenvalue weighted by molar-refractivity contribution is 0.0644. The van der Waals surface area contributed by atoms with Crippen molar-refractivity contribution in [2.45, 2.75) is 45.6 Å². The average Bonchev–Trinajstić information content (AvgIpc) is 2.45. The summed E-state index contributed by atoms with van der Waals surface area (Å²) in [5.41, 5.74) is 1.43. The molecule has 1 N–H and O–H groups in total. The normalized spacial score (nSPS) is 23.5. The van der Waals surface area contributed by atoms with Gasteiger partial charge in [-0.3, -0.25) is 4.90 Å². The van der Waals surface area contributed by atoms with E-state index in [9.17, 15) is 0 Å². The number of nitrogens with one attached hydrogen (secondary N) is 1. The number of allylic oxidation sites excluding steroid dienone is 1. The van der Waals surface area contributed by atoms with Gasteiger partial charge in [0.05, 0.1) is 0 Å². The third-order valence-electron chi connectivity index (χ3n) is 4.38. The van der Waals surface area contributed by atoms with Crippen molar-refractivity contribution < 1.29 is 4.74 Å². The zero-order valence-electron chi connectivity index (χ0n) is 12.7. The van der Waals surface area contributed by atoms with Gasteiger partial charge in [0.25, 0.3) is 0 Å². The van der Waals surface area contributed by atoms with Crippen molar-refractivity contribution in [3.8, 4) is 0 Å². The van der Waals surface area contributed by atoms with Crippen LogP contribution < -0.4 is 5.32 Å². The Morgan fingerprint density at radius 2 is 1.84 bits per heavy atom. The highest BCUT2D eigenvalue weighted by molar-refractivity contribution is 4.95. The number of piperidine rings is 1. The van der Waals surface area contributed by atoms with Crippen LogP contribution in [0.5, 0.6) is 0 Å². The van der Waals surface area contributed by atoms with Crippen molar-refractivity contribution in [3.63, 3.8) is 0 Å². The summed E-state index contributed by atoms with van der Waals surface area (Å²) in [5, 5.41) is 3.78. The largest absolute Gasteiger partial charge is 0.381 e. The third kappa shape index (κ3) is 5.64. The maximum absolute atomic E-state index is 5.41. The lowest BCUT2D eigenvalue weighted by Gasteiger charge is -2.33. The Morgan fingerprint density at radius 3 is 2.47 bits per heavy atom. The van der Waals surface area contributed by atoms with E-state index in [0.29, 0.717) is 0 Å². The van der Waals surface area contributed by atoms with E-state index in [1.54, 1.807) is 0 Å². The fourth-order valence-electron chi connectivity index (χ4n) is 2.92. The van der Waals surface area contributed by atoms with Crippen molar-refractivity contribution in [1.29, 1.82) is 0 Å². The zero-order chi connectivity index (χ0) is 13.5. The Hall–Kier alpha value is -0.380. The average molecular weight is 266 g/mol. The predicted molar refractivity (Wildman–Crippen MR) is 80.4 cm³/mol. The molecule has 19 heavy (non-hydrogen) atoms. The molecule has 0 saturated carbocycles. The van der Waals surface area contributed by atoms with E-state index in [2.05, 4.69) is 30.1 Å². The Bertz CT molecular complexity index is 272. The van der Waals surface area contributed by atoms with E-state index >= 15 is 0 Å². The van der Waals surface area contributed by atoms with Gasteiger partial charge in [-0.1, -0.05) is 11.6 Å². The molecule has 0 aromatic rings. The topological polar surface area (TPSA) is 24.5 Å². The number of rotatable bonds is 5. The first-order valence-corrected chi connectivity index (χ1v) is 7.91. The van der Waals surface area contributed by atoms with Crippen molar-refractivity contribution in [1.82, 2.24) is 10.2 Å². The maximum Gasteiger partial charge on any atom is 0.0469 e. The SMILES string of the molecule is CC(C)=CCN1CCC(NCC2CCOCC2)CC1. The lowest BCUT2D eigenvalue weighted by Crippen LogP contribution is -2.44. The van der Waals surface area contributed by atoms with Crippen molar-refractivity contribution in [3.05, 3.63) is 11.6 Å². The number of nitrogens with zero attached hydrogens (tertiary/aromatic N) is 1. The molecular weight excluding hydrogens is 236 g/mol. The molecule has 110 valence electrons. The van der Waals surface area contributed by atoms with Crippen LogP contribution in [0.2, 0.25) is 0 Å². The summed E-state index contributed by atoms with van der Waals surface area (Å²) in [6.45, 7) is 11.1.